The molecular weight excluding hydrogens is 298 g/mol. The summed E-state index contributed by atoms with van der Waals surface area (Å²) >= 11 is 0. The van der Waals surface area contributed by atoms with Gasteiger partial charge in [0.05, 0.1) is 17.9 Å². The fourth-order valence-electron chi connectivity index (χ4n) is 2.57. The van der Waals surface area contributed by atoms with Gasteiger partial charge in [-0.2, -0.15) is 0 Å². The van der Waals surface area contributed by atoms with E-state index in [2.05, 4.69) is 12.2 Å². The maximum atomic E-state index is 12.3. The number of carbonyl (C=O) groups excluding carboxylic acids is 1. The molecule has 0 saturated heterocycles. The highest BCUT2D eigenvalue weighted by molar-refractivity contribution is 5.96. The minimum Gasteiger partial charge on any atom is -0.462 e. The molecule has 0 spiro atoms. The van der Waals surface area contributed by atoms with E-state index in [9.17, 15) is 4.79 Å². The number of rotatable bonds is 10. The molecule has 0 aliphatic heterocycles. The van der Waals surface area contributed by atoms with Crippen molar-refractivity contribution in [1.82, 2.24) is 0 Å². The highest BCUT2D eigenvalue weighted by Crippen LogP contribution is 2.21. The normalized spacial score (nSPS) is 10.4. The third-order valence-corrected chi connectivity index (χ3v) is 3.93. The molecule has 128 valence electrons. The van der Waals surface area contributed by atoms with Crippen molar-refractivity contribution in [1.29, 1.82) is 0 Å². The van der Waals surface area contributed by atoms with Crippen LogP contribution in [0.2, 0.25) is 0 Å². The Morgan fingerprint density at radius 1 is 0.875 bits per heavy atom. The van der Waals surface area contributed by atoms with Gasteiger partial charge < -0.3 is 10.1 Å². The lowest BCUT2D eigenvalue weighted by Gasteiger charge is -2.11. The van der Waals surface area contributed by atoms with Crippen LogP contribution in [0.4, 0.5) is 11.4 Å². The predicted molar refractivity (Wildman–Crippen MR) is 99.8 cm³/mol. The summed E-state index contributed by atoms with van der Waals surface area (Å²) in [5.41, 5.74) is 2.30. The summed E-state index contributed by atoms with van der Waals surface area (Å²) in [5.74, 6) is -0.261. The number of unbranched alkanes of at least 4 members (excludes halogenated alkanes) is 5. The van der Waals surface area contributed by atoms with E-state index in [1.165, 1.54) is 25.7 Å². The van der Waals surface area contributed by atoms with Crippen LogP contribution in [0, 0.1) is 0 Å². The summed E-state index contributed by atoms with van der Waals surface area (Å²) in [5, 5.41) is 3.28. The molecule has 0 unspecified atom stereocenters. The van der Waals surface area contributed by atoms with Crippen molar-refractivity contribution in [2.75, 3.05) is 11.9 Å². The average Bonchev–Trinajstić information content (AvgIpc) is 2.62. The first-order valence-corrected chi connectivity index (χ1v) is 8.89. The van der Waals surface area contributed by atoms with E-state index in [1.54, 1.807) is 6.07 Å². The number of para-hydroxylation sites is 2. The van der Waals surface area contributed by atoms with Crippen molar-refractivity contribution in [3.8, 4) is 0 Å². The molecule has 0 aliphatic carbocycles. The molecule has 3 nitrogen and oxygen atoms in total. The topological polar surface area (TPSA) is 38.3 Å². The first kappa shape index (κ1) is 18.1. The van der Waals surface area contributed by atoms with Crippen molar-refractivity contribution in [3.05, 3.63) is 60.2 Å². The Balaban J connectivity index is 1.83. The van der Waals surface area contributed by atoms with Crippen LogP contribution in [0.25, 0.3) is 0 Å². The maximum absolute atomic E-state index is 12.3. The Morgan fingerprint density at radius 2 is 1.54 bits per heavy atom. The predicted octanol–water partition coefficient (Wildman–Crippen LogP) is 5.95. The van der Waals surface area contributed by atoms with Crippen LogP contribution in [-0.2, 0) is 4.74 Å². The number of benzene rings is 2. The van der Waals surface area contributed by atoms with Crippen molar-refractivity contribution < 1.29 is 9.53 Å². The van der Waals surface area contributed by atoms with Gasteiger partial charge in [0, 0.05) is 5.69 Å². The quantitative estimate of drug-likeness (QED) is 0.433. The summed E-state index contributed by atoms with van der Waals surface area (Å²) < 4.78 is 5.43. The zero-order valence-electron chi connectivity index (χ0n) is 14.5. The Kier molecular flexibility index (Phi) is 7.88. The lowest BCUT2D eigenvalue weighted by molar-refractivity contribution is 0.0499. The fraction of sp³-hybridized carbons (Fsp3) is 0.381. The molecule has 0 radical (unpaired) electrons. The SMILES string of the molecule is CCCCCCCCOC(=O)c1ccccc1Nc1ccccc1. The van der Waals surface area contributed by atoms with Crippen LogP contribution in [0.3, 0.4) is 0 Å². The van der Waals surface area contributed by atoms with Crippen LogP contribution < -0.4 is 5.32 Å². The van der Waals surface area contributed by atoms with Crippen molar-refractivity contribution in [3.63, 3.8) is 0 Å². The van der Waals surface area contributed by atoms with Crippen LogP contribution in [0.5, 0.6) is 0 Å². The lowest BCUT2D eigenvalue weighted by Crippen LogP contribution is -2.09. The van der Waals surface area contributed by atoms with Crippen LogP contribution in [0.1, 0.15) is 55.8 Å². The summed E-state index contributed by atoms with van der Waals surface area (Å²) in [7, 11) is 0. The minimum absolute atomic E-state index is 0.261. The van der Waals surface area contributed by atoms with Crippen LogP contribution >= 0.6 is 0 Å². The number of esters is 1. The molecule has 0 heterocycles. The van der Waals surface area contributed by atoms with Gasteiger partial charge in [-0.1, -0.05) is 69.4 Å². The first-order valence-electron chi connectivity index (χ1n) is 8.89. The molecule has 0 amide bonds. The lowest BCUT2D eigenvalue weighted by atomic mass is 10.1. The van der Waals surface area contributed by atoms with Crippen molar-refractivity contribution >= 4 is 17.3 Å². The third kappa shape index (κ3) is 6.07. The molecule has 0 bridgehead atoms. The van der Waals surface area contributed by atoms with Crippen LogP contribution in [-0.4, -0.2) is 12.6 Å². The van der Waals surface area contributed by atoms with Gasteiger partial charge in [-0.25, -0.2) is 4.79 Å². The van der Waals surface area contributed by atoms with Gasteiger partial charge >= 0.3 is 5.97 Å². The molecule has 0 aromatic heterocycles. The summed E-state index contributed by atoms with van der Waals surface area (Å²) in [4.78, 5) is 12.3. The monoisotopic (exact) mass is 325 g/mol. The highest BCUT2D eigenvalue weighted by Gasteiger charge is 2.12. The summed E-state index contributed by atoms with van der Waals surface area (Å²) in [6.45, 7) is 2.70. The maximum Gasteiger partial charge on any atom is 0.340 e. The van der Waals surface area contributed by atoms with Gasteiger partial charge in [0.2, 0.25) is 0 Å². The van der Waals surface area contributed by atoms with Crippen molar-refractivity contribution in [2.45, 2.75) is 45.4 Å². The number of anilines is 2. The van der Waals surface area contributed by atoms with Gasteiger partial charge in [-0.15, -0.1) is 0 Å². The average molecular weight is 325 g/mol. The molecule has 0 saturated carbocycles. The molecule has 1 N–H and O–H groups in total. The number of nitrogens with one attached hydrogen (secondary N) is 1. The van der Waals surface area contributed by atoms with Crippen LogP contribution in [0.15, 0.2) is 54.6 Å². The number of ether oxygens (including phenoxy) is 1. The van der Waals surface area contributed by atoms with Gasteiger partial charge in [0.15, 0.2) is 0 Å². The summed E-state index contributed by atoms with van der Waals surface area (Å²) in [6, 6.07) is 17.3. The second-order valence-corrected chi connectivity index (χ2v) is 5.94. The van der Waals surface area contributed by atoms with E-state index in [4.69, 9.17) is 4.74 Å². The second-order valence-electron chi connectivity index (χ2n) is 5.94. The second kappa shape index (κ2) is 10.5. The molecule has 2 aromatic carbocycles. The molecule has 0 fully saturated rings. The molecule has 3 heteroatoms. The number of hydrogen-bond donors (Lipinski definition) is 1. The Hall–Kier alpha value is -2.29. The van der Waals surface area contributed by atoms with E-state index in [1.807, 2.05) is 48.5 Å². The molecule has 0 aliphatic rings. The number of hydrogen-bond acceptors (Lipinski definition) is 3. The molecular formula is C21H27NO2. The zero-order valence-corrected chi connectivity index (χ0v) is 14.5. The smallest absolute Gasteiger partial charge is 0.340 e. The fourth-order valence-corrected chi connectivity index (χ4v) is 2.57. The molecule has 2 rings (SSSR count). The van der Waals surface area contributed by atoms with E-state index in [0.717, 1.165) is 24.2 Å². The van der Waals surface area contributed by atoms with E-state index in [-0.39, 0.29) is 5.97 Å². The van der Waals surface area contributed by atoms with Crippen molar-refractivity contribution in [2.24, 2.45) is 0 Å². The number of carbonyl (C=O) groups is 1. The van der Waals surface area contributed by atoms with E-state index >= 15 is 0 Å². The zero-order chi connectivity index (χ0) is 17.0. The third-order valence-electron chi connectivity index (χ3n) is 3.93. The highest BCUT2D eigenvalue weighted by atomic mass is 16.5. The molecule has 0 atom stereocenters. The van der Waals surface area contributed by atoms with Gasteiger partial charge in [-0.05, 0) is 30.7 Å². The van der Waals surface area contributed by atoms with E-state index in [0.29, 0.717) is 12.2 Å². The Morgan fingerprint density at radius 3 is 2.33 bits per heavy atom. The molecule has 24 heavy (non-hydrogen) atoms. The minimum atomic E-state index is -0.261. The van der Waals surface area contributed by atoms with Gasteiger partial charge in [-0.3, -0.25) is 0 Å². The van der Waals surface area contributed by atoms with Gasteiger partial charge in [0.1, 0.15) is 0 Å². The Bertz CT molecular complexity index is 610. The Labute approximate surface area is 145 Å². The molecule has 2 aromatic rings. The first-order chi connectivity index (χ1) is 11.8. The largest absolute Gasteiger partial charge is 0.462 e. The van der Waals surface area contributed by atoms with E-state index < -0.39 is 0 Å². The standard InChI is InChI=1S/C21H27NO2/c1-2-3-4-5-6-12-17-24-21(23)19-15-10-11-16-20(19)22-18-13-8-7-9-14-18/h7-11,13-16,22H,2-6,12,17H2,1H3. The summed E-state index contributed by atoms with van der Waals surface area (Å²) in [6.07, 6.45) is 7.09. The van der Waals surface area contributed by atoms with Gasteiger partial charge in [0.25, 0.3) is 0 Å².